The molecular weight excluding hydrogens is 452 g/mol. The predicted molar refractivity (Wildman–Crippen MR) is 122 cm³/mol. The Bertz CT molecular complexity index is 1050. The topological polar surface area (TPSA) is 34.5 Å². The normalized spacial score (nSPS) is 15.0. The maximum absolute atomic E-state index is 13.4. The summed E-state index contributed by atoms with van der Waals surface area (Å²) in [6, 6.07) is 11.7. The Hall–Kier alpha value is -1.82. The third kappa shape index (κ3) is 3.96. The third-order valence-electron chi connectivity index (χ3n) is 5.66. The van der Waals surface area contributed by atoms with Crippen LogP contribution >= 0.6 is 27.5 Å². The minimum atomic E-state index is 0.159. The van der Waals surface area contributed by atoms with Gasteiger partial charge in [-0.2, -0.15) is 0 Å². The lowest BCUT2D eigenvalue weighted by Crippen LogP contribution is -2.34. The summed E-state index contributed by atoms with van der Waals surface area (Å²) in [5, 5.41) is 1.60. The second-order valence-electron chi connectivity index (χ2n) is 7.54. The van der Waals surface area contributed by atoms with Crippen LogP contribution in [-0.4, -0.2) is 42.0 Å². The van der Waals surface area contributed by atoms with E-state index >= 15 is 0 Å². The van der Waals surface area contributed by atoms with Crippen LogP contribution in [0.5, 0.6) is 5.75 Å². The minimum Gasteiger partial charge on any atom is -0.496 e. The molecule has 6 heteroatoms. The fraction of sp³-hybridized carbons (Fsp3) is 0.348. The standard InChI is InChI=1S/C23H24BrClN2O2/c1-15-23(21(28)14-26-10-4-3-5-11-26)18-12-22(29-2)19(24)13-20(18)27(15)17-8-6-16(25)7-9-17/h6-9,12-13H,3-5,10-11,14H2,1-2H3. The van der Waals surface area contributed by atoms with E-state index in [0.29, 0.717) is 11.6 Å². The van der Waals surface area contributed by atoms with Gasteiger partial charge in [-0.25, -0.2) is 0 Å². The number of ketones is 1. The molecule has 0 atom stereocenters. The van der Waals surface area contributed by atoms with E-state index in [1.54, 1.807) is 7.11 Å². The summed E-state index contributed by atoms with van der Waals surface area (Å²) in [7, 11) is 1.64. The van der Waals surface area contributed by atoms with Crippen LogP contribution in [0.15, 0.2) is 40.9 Å². The molecule has 3 aromatic rings. The second kappa shape index (κ2) is 8.50. The maximum Gasteiger partial charge on any atom is 0.179 e. The molecule has 2 aromatic carbocycles. The molecule has 1 aliphatic heterocycles. The summed E-state index contributed by atoms with van der Waals surface area (Å²) in [4.78, 5) is 15.7. The first-order chi connectivity index (χ1) is 14.0. The summed E-state index contributed by atoms with van der Waals surface area (Å²) in [5.41, 5.74) is 3.65. The number of aromatic nitrogens is 1. The van der Waals surface area contributed by atoms with E-state index in [2.05, 4.69) is 25.4 Å². The highest BCUT2D eigenvalue weighted by Gasteiger charge is 2.24. The van der Waals surface area contributed by atoms with Crippen molar-refractivity contribution in [2.75, 3.05) is 26.7 Å². The molecule has 1 aliphatic rings. The molecular formula is C23H24BrClN2O2. The van der Waals surface area contributed by atoms with Crippen molar-refractivity contribution in [2.24, 2.45) is 0 Å². The van der Waals surface area contributed by atoms with Gasteiger partial charge in [-0.3, -0.25) is 9.69 Å². The molecule has 4 rings (SSSR count). The first-order valence-electron chi connectivity index (χ1n) is 9.89. The van der Waals surface area contributed by atoms with Crippen molar-refractivity contribution in [3.8, 4) is 11.4 Å². The Morgan fingerprint density at radius 1 is 1.14 bits per heavy atom. The number of fused-ring (bicyclic) bond motifs is 1. The lowest BCUT2D eigenvalue weighted by Gasteiger charge is -2.25. The zero-order valence-corrected chi connectivity index (χ0v) is 19.0. The Morgan fingerprint density at radius 2 is 1.83 bits per heavy atom. The molecule has 0 bridgehead atoms. The molecule has 0 spiro atoms. The van der Waals surface area contributed by atoms with Crippen LogP contribution < -0.4 is 4.74 Å². The molecule has 29 heavy (non-hydrogen) atoms. The van der Waals surface area contributed by atoms with Crippen LogP contribution in [0.3, 0.4) is 0 Å². The van der Waals surface area contributed by atoms with Crippen molar-refractivity contribution in [1.82, 2.24) is 9.47 Å². The number of ether oxygens (including phenoxy) is 1. The number of benzene rings is 2. The van der Waals surface area contributed by atoms with Gasteiger partial charge in [0.05, 0.1) is 23.6 Å². The monoisotopic (exact) mass is 474 g/mol. The van der Waals surface area contributed by atoms with Gasteiger partial charge in [0, 0.05) is 27.4 Å². The zero-order chi connectivity index (χ0) is 20.5. The number of nitrogens with zero attached hydrogens (tertiary/aromatic N) is 2. The van der Waals surface area contributed by atoms with E-state index in [-0.39, 0.29) is 5.78 Å². The van der Waals surface area contributed by atoms with Gasteiger partial charge in [0.1, 0.15) is 5.75 Å². The molecule has 0 N–H and O–H groups in total. The van der Waals surface area contributed by atoms with Gasteiger partial charge in [-0.1, -0.05) is 18.0 Å². The minimum absolute atomic E-state index is 0.159. The molecule has 0 amide bonds. The number of carbonyl (C=O) groups excluding carboxylic acids is 1. The maximum atomic E-state index is 13.4. The zero-order valence-electron chi connectivity index (χ0n) is 16.7. The van der Waals surface area contributed by atoms with E-state index in [1.807, 2.05) is 43.3 Å². The van der Waals surface area contributed by atoms with Crippen LogP contribution in [0.2, 0.25) is 5.02 Å². The number of likely N-dealkylation sites (tertiary alicyclic amines) is 1. The highest BCUT2D eigenvalue weighted by Crippen LogP contribution is 2.37. The second-order valence-corrected chi connectivity index (χ2v) is 8.83. The number of halogens is 2. The van der Waals surface area contributed by atoms with Gasteiger partial charge in [0.2, 0.25) is 0 Å². The van der Waals surface area contributed by atoms with Gasteiger partial charge in [-0.05, 0) is 85.2 Å². The summed E-state index contributed by atoms with van der Waals surface area (Å²) >= 11 is 9.69. The quantitative estimate of drug-likeness (QED) is 0.422. The number of rotatable bonds is 5. The molecule has 1 aromatic heterocycles. The number of methoxy groups -OCH3 is 1. The van der Waals surface area contributed by atoms with E-state index in [4.69, 9.17) is 16.3 Å². The summed E-state index contributed by atoms with van der Waals surface area (Å²) in [6.45, 7) is 4.46. The first-order valence-corrected chi connectivity index (χ1v) is 11.1. The molecule has 0 radical (unpaired) electrons. The van der Waals surface area contributed by atoms with Gasteiger partial charge < -0.3 is 9.30 Å². The average Bonchev–Trinajstić information content (AvgIpc) is 2.99. The summed E-state index contributed by atoms with van der Waals surface area (Å²) in [6.07, 6.45) is 3.59. The molecule has 0 unspecified atom stereocenters. The van der Waals surface area contributed by atoms with Gasteiger partial charge in [-0.15, -0.1) is 0 Å². The van der Waals surface area contributed by atoms with Crippen molar-refractivity contribution in [1.29, 1.82) is 0 Å². The van der Waals surface area contributed by atoms with E-state index in [1.165, 1.54) is 19.3 Å². The van der Waals surface area contributed by atoms with Crippen LogP contribution in [0.1, 0.15) is 35.3 Å². The van der Waals surface area contributed by atoms with E-state index < -0.39 is 0 Å². The Morgan fingerprint density at radius 3 is 2.48 bits per heavy atom. The molecule has 1 fully saturated rings. The van der Waals surface area contributed by atoms with Gasteiger partial charge in [0.15, 0.2) is 5.78 Å². The number of hydrogen-bond acceptors (Lipinski definition) is 3. The largest absolute Gasteiger partial charge is 0.496 e. The third-order valence-corrected chi connectivity index (χ3v) is 6.53. The van der Waals surface area contributed by atoms with Crippen LogP contribution in [0, 0.1) is 6.92 Å². The highest BCUT2D eigenvalue weighted by molar-refractivity contribution is 9.10. The van der Waals surface area contributed by atoms with Gasteiger partial charge >= 0.3 is 0 Å². The number of Topliss-reactive ketones (excluding diaryl/α,β-unsaturated/α-hetero) is 1. The fourth-order valence-corrected chi connectivity index (χ4v) is 4.87. The predicted octanol–water partition coefficient (Wildman–Crippen LogP) is 6.03. The SMILES string of the molecule is COc1cc2c(C(=O)CN3CCCCC3)c(C)n(-c3ccc(Cl)cc3)c2cc1Br. The van der Waals surface area contributed by atoms with Crippen LogP contribution in [0.4, 0.5) is 0 Å². The number of carbonyl (C=O) groups is 1. The van der Waals surface area contributed by atoms with Crippen molar-refractivity contribution in [3.05, 3.63) is 57.2 Å². The molecule has 2 heterocycles. The average molecular weight is 476 g/mol. The van der Waals surface area contributed by atoms with Crippen molar-refractivity contribution in [3.63, 3.8) is 0 Å². The first kappa shape index (κ1) is 20.5. The van der Waals surface area contributed by atoms with Crippen molar-refractivity contribution in [2.45, 2.75) is 26.2 Å². The summed E-state index contributed by atoms with van der Waals surface area (Å²) < 4.78 is 8.49. The van der Waals surface area contributed by atoms with Gasteiger partial charge in [0.25, 0.3) is 0 Å². The lowest BCUT2D eigenvalue weighted by molar-refractivity contribution is 0.0916. The van der Waals surface area contributed by atoms with E-state index in [9.17, 15) is 4.79 Å². The number of hydrogen-bond donors (Lipinski definition) is 0. The summed E-state index contributed by atoms with van der Waals surface area (Å²) in [5.74, 6) is 0.879. The molecule has 4 nitrogen and oxygen atoms in total. The van der Waals surface area contributed by atoms with E-state index in [0.717, 1.165) is 51.2 Å². The molecule has 0 aliphatic carbocycles. The lowest BCUT2D eigenvalue weighted by atomic mass is 10.0. The Kier molecular flexibility index (Phi) is 6.00. The molecule has 152 valence electrons. The molecule has 1 saturated heterocycles. The van der Waals surface area contributed by atoms with Crippen LogP contribution in [-0.2, 0) is 0 Å². The molecule has 0 saturated carbocycles. The Labute approximate surface area is 184 Å². The smallest absolute Gasteiger partial charge is 0.179 e. The fourth-order valence-electron chi connectivity index (χ4n) is 4.25. The van der Waals surface area contributed by atoms with Crippen molar-refractivity contribution >= 4 is 44.2 Å². The van der Waals surface area contributed by atoms with Crippen molar-refractivity contribution < 1.29 is 9.53 Å². The Balaban J connectivity index is 1.87. The van der Waals surface area contributed by atoms with Crippen LogP contribution in [0.25, 0.3) is 16.6 Å². The number of piperidine rings is 1. The highest BCUT2D eigenvalue weighted by atomic mass is 79.9.